The molecule has 1 aromatic carbocycles. The molecule has 0 aromatic heterocycles. The molecule has 0 saturated heterocycles. The number of benzene rings is 1. The van der Waals surface area contributed by atoms with Gasteiger partial charge in [-0.1, -0.05) is 44.9 Å². The van der Waals surface area contributed by atoms with Gasteiger partial charge in [-0.3, -0.25) is 0 Å². The zero-order chi connectivity index (χ0) is 17.7. The monoisotopic (exact) mass is 332 g/mol. The van der Waals surface area contributed by atoms with E-state index >= 15 is 0 Å². The number of hydrogen-bond donors (Lipinski definition) is 0. The van der Waals surface area contributed by atoms with Crippen LogP contribution in [0.1, 0.15) is 56.0 Å². The van der Waals surface area contributed by atoms with E-state index in [0.29, 0.717) is 23.3 Å². The topological polar surface area (TPSA) is 52.6 Å². The highest BCUT2D eigenvalue weighted by molar-refractivity contribution is 5.90. The Labute approximate surface area is 144 Å². The first kappa shape index (κ1) is 18.5. The molecule has 1 saturated carbocycles. The van der Waals surface area contributed by atoms with E-state index in [0.717, 1.165) is 18.4 Å². The van der Waals surface area contributed by atoms with E-state index in [4.69, 9.17) is 9.47 Å². The average Bonchev–Trinajstić information content (AvgIpc) is 2.52. The Kier molecular flexibility index (Phi) is 6.41. The number of carbonyl (C=O) groups is 2. The normalized spacial score (nSPS) is 23.8. The highest BCUT2D eigenvalue weighted by Gasteiger charge is 2.33. The second-order valence-corrected chi connectivity index (χ2v) is 7.30. The second kappa shape index (κ2) is 8.32. The lowest BCUT2D eigenvalue weighted by atomic mass is 9.75. The Balaban J connectivity index is 1.86. The molecule has 1 fully saturated rings. The molecule has 0 spiro atoms. The second-order valence-electron chi connectivity index (χ2n) is 7.30. The highest BCUT2D eigenvalue weighted by Crippen LogP contribution is 2.35. The van der Waals surface area contributed by atoms with Gasteiger partial charge < -0.3 is 9.47 Å². The third kappa shape index (κ3) is 5.08. The van der Waals surface area contributed by atoms with Crippen LogP contribution in [0.25, 0.3) is 0 Å². The maximum atomic E-state index is 12.1. The van der Waals surface area contributed by atoms with E-state index in [-0.39, 0.29) is 12.7 Å². The first-order valence-electron chi connectivity index (χ1n) is 8.80. The molecule has 1 aromatic rings. The van der Waals surface area contributed by atoms with Gasteiger partial charge in [0.25, 0.3) is 0 Å². The van der Waals surface area contributed by atoms with Crippen molar-refractivity contribution in [1.82, 2.24) is 0 Å². The number of carbonyl (C=O) groups excluding carboxylic acids is 2. The van der Waals surface area contributed by atoms with Crippen molar-refractivity contribution >= 4 is 11.9 Å². The van der Waals surface area contributed by atoms with E-state index in [1.807, 2.05) is 13.0 Å². The fourth-order valence-electron chi connectivity index (χ4n) is 3.43. The lowest BCUT2D eigenvalue weighted by Gasteiger charge is -2.36. The molecule has 0 aliphatic heterocycles. The molecule has 0 unspecified atom stereocenters. The molecule has 1 aliphatic rings. The molecule has 4 heteroatoms. The maximum Gasteiger partial charge on any atom is 0.344 e. The zero-order valence-electron chi connectivity index (χ0n) is 15.1. The molecule has 132 valence electrons. The molecule has 0 amide bonds. The minimum Gasteiger partial charge on any atom is -0.460 e. The van der Waals surface area contributed by atoms with Gasteiger partial charge in [0, 0.05) is 0 Å². The summed E-state index contributed by atoms with van der Waals surface area (Å²) in [7, 11) is 0. The van der Waals surface area contributed by atoms with Crippen molar-refractivity contribution in [1.29, 1.82) is 0 Å². The summed E-state index contributed by atoms with van der Waals surface area (Å²) in [5.74, 6) is 0.476. The minimum absolute atomic E-state index is 0.0704. The molecule has 0 N–H and O–H groups in total. The first-order valence-corrected chi connectivity index (χ1v) is 8.80. The highest BCUT2D eigenvalue weighted by atomic mass is 16.6. The van der Waals surface area contributed by atoms with Crippen LogP contribution < -0.4 is 0 Å². The van der Waals surface area contributed by atoms with E-state index in [1.165, 1.54) is 6.42 Å². The van der Waals surface area contributed by atoms with Crippen LogP contribution in [0.2, 0.25) is 0 Å². The molecule has 0 bridgehead atoms. The Bertz CT molecular complexity index is 579. The summed E-state index contributed by atoms with van der Waals surface area (Å²) in [5, 5.41) is 0. The Morgan fingerprint density at radius 1 is 1.25 bits per heavy atom. The predicted octanol–water partition coefficient (Wildman–Crippen LogP) is 4.16. The number of ether oxygens (including phenoxy) is 2. The third-order valence-electron chi connectivity index (χ3n) is 4.82. The van der Waals surface area contributed by atoms with E-state index in [2.05, 4.69) is 20.8 Å². The third-order valence-corrected chi connectivity index (χ3v) is 4.82. The predicted molar refractivity (Wildman–Crippen MR) is 92.7 cm³/mol. The smallest absolute Gasteiger partial charge is 0.344 e. The summed E-state index contributed by atoms with van der Waals surface area (Å²) in [4.78, 5) is 24.1. The Morgan fingerprint density at radius 2 is 2.00 bits per heavy atom. The summed E-state index contributed by atoms with van der Waals surface area (Å²) in [5.41, 5.74) is 1.43. The molecule has 0 heterocycles. The average molecular weight is 332 g/mol. The lowest BCUT2D eigenvalue weighted by molar-refractivity contribution is -0.159. The Hall–Kier alpha value is -1.84. The van der Waals surface area contributed by atoms with Crippen LogP contribution in [0.15, 0.2) is 24.3 Å². The van der Waals surface area contributed by atoms with Crippen LogP contribution >= 0.6 is 0 Å². The quantitative estimate of drug-likeness (QED) is 0.760. The summed E-state index contributed by atoms with van der Waals surface area (Å²) >= 11 is 0. The summed E-state index contributed by atoms with van der Waals surface area (Å²) in [6.45, 7) is 8.09. The summed E-state index contributed by atoms with van der Waals surface area (Å²) in [6.07, 6.45) is 3.08. The van der Waals surface area contributed by atoms with Gasteiger partial charge in [-0.25, -0.2) is 9.59 Å². The Morgan fingerprint density at radius 3 is 2.67 bits per heavy atom. The van der Waals surface area contributed by atoms with Crippen LogP contribution in [0.5, 0.6) is 0 Å². The van der Waals surface area contributed by atoms with Crippen LogP contribution in [0.3, 0.4) is 0 Å². The first-order chi connectivity index (χ1) is 11.4. The van der Waals surface area contributed by atoms with Gasteiger partial charge in [-0.2, -0.15) is 0 Å². The SMILES string of the molecule is Cc1cccc(C(=O)OCC(=O)O[C@H]2C[C@@H](C)CC[C@@H]2C(C)C)c1. The fourth-order valence-corrected chi connectivity index (χ4v) is 3.43. The standard InChI is InChI=1S/C20H28O4/c1-13(2)17-9-8-15(4)11-18(17)24-19(21)12-23-20(22)16-7-5-6-14(3)10-16/h5-7,10,13,15,17-18H,8-9,11-12H2,1-4H3/t15-,17+,18-/m0/s1. The van der Waals surface area contributed by atoms with Crippen LogP contribution in [0.4, 0.5) is 0 Å². The molecular weight excluding hydrogens is 304 g/mol. The maximum absolute atomic E-state index is 12.1. The summed E-state index contributed by atoms with van der Waals surface area (Å²) in [6, 6.07) is 7.12. The largest absolute Gasteiger partial charge is 0.460 e. The number of esters is 2. The van der Waals surface area contributed by atoms with Crippen molar-refractivity contribution in [2.75, 3.05) is 6.61 Å². The fraction of sp³-hybridized carbons (Fsp3) is 0.600. The van der Waals surface area contributed by atoms with Crippen molar-refractivity contribution in [3.63, 3.8) is 0 Å². The van der Waals surface area contributed by atoms with Gasteiger partial charge in [0.1, 0.15) is 6.10 Å². The van der Waals surface area contributed by atoms with Gasteiger partial charge >= 0.3 is 11.9 Å². The molecule has 3 atom stereocenters. The molecule has 0 radical (unpaired) electrons. The van der Waals surface area contributed by atoms with Crippen LogP contribution in [-0.4, -0.2) is 24.6 Å². The number of aryl methyl sites for hydroxylation is 1. The van der Waals surface area contributed by atoms with Crippen LogP contribution in [-0.2, 0) is 14.3 Å². The van der Waals surface area contributed by atoms with Crippen molar-refractivity contribution in [3.05, 3.63) is 35.4 Å². The minimum atomic E-state index is -0.493. The summed E-state index contributed by atoms with van der Waals surface area (Å²) < 4.78 is 10.7. The van der Waals surface area contributed by atoms with Crippen LogP contribution in [0, 0.1) is 24.7 Å². The lowest BCUT2D eigenvalue weighted by Crippen LogP contribution is -2.36. The molecule has 2 rings (SSSR count). The number of hydrogen-bond acceptors (Lipinski definition) is 4. The van der Waals surface area contributed by atoms with Gasteiger partial charge in [-0.05, 0) is 49.7 Å². The zero-order valence-corrected chi connectivity index (χ0v) is 15.1. The van der Waals surface area contributed by atoms with Crippen molar-refractivity contribution in [2.45, 2.75) is 53.1 Å². The molecular formula is C20H28O4. The molecule has 4 nitrogen and oxygen atoms in total. The van der Waals surface area contributed by atoms with E-state index in [9.17, 15) is 9.59 Å². The van der Waals surface area contributed by atoms with E-state index < -0.39 is 11.9 Å². The van der Waals surface area contributed by atoms with Crippen molar-refractivity contribution in [3.8, 4) is 0 Å². The number of rotatable bonds is 5. The molecule has 24 heavy (non-hydrogen) atoms. The van der Waals surface area contributed by atoms with Gasteiger partial charge in [0.15, 0.2) is 6.61 Å². The van der Waals surface area contributed by atoms with Crippen molar-refractivity contribution < 1.29 is 19.1 Å². The van der Waals surface area contributed by atoms with E-state index in [1.54, 1.807) is 18.2 Å². The van der Waals surface area contributed by atoms with Gasteiger partial charge in [-0.15, -0.1) is 0 Å². The van der Waals surface area contributed by atoms with Crippen molar-refractivity contribution in [2.24, 2.45) is 17.8 Å². The van der Waals surface area contributed by atoms with Gasteiger partial charge in [0.2, 0.25) is 0 Å². The van der Waals surface area contributed by atoms with Gasteiger partial charge in [0.05, 0.1) is 5.56 Å². The molecule has 1 aliphatic carbocycles.